The number of benzene rings is 3. The second-order valence-electron chi connectivity index (χ2n) is 19.8. The number of Topliss-reactive ketones (excluding diaryl/α,β-unsaturated/α-hetero) is 1. The van der Waals surface area contributed by atoms with Gasteiger partial charge in [-0.1, -0.05) is 18.1 Å². The van der Waals surface area contributed by atoms with E-state index < -0.39 is 28.7 Å². The minimum atomic E-state index is -0.811. The number of hydrogen-bond acceptors (Lipinski definition) is 8. The summed E-state index contributed by atoms with van der Waals surface area (Å²) in [5.41, 5.74) is 4.92. The maximum Gasteiger partial charge on any atom is 0.438 e. The lowest BCUT2D eigenvalue weighted by Crippen LogP contribution is -2.34. The van der Waals surface area contributed by atoms with Crippen LogP contribution in [0.15, 0.2) is 81.2 Å². The van der Waals surface area contributed by atoms with Gasteiger partial charge >= 0.3 is 11.4 Å². The van der Waals surface area contributed by atoms with Crippen LogP contribution >= 0.6 is 0 Å². The first-order valence-electron chi connectivity index (χ1n) is 23.0. The van der Waals surface area contributed by atoms with E-state index in [1.807, 2.05) is 6.07 Å². The molecule has 6 heterocycles. The lowest BCUT2D eigenvalue weighted by Gasteiger charge is -2.30. The number of hydrogen-bond donors (Lipinski definition) is 1. The highest BCUT2D eigenvalue weighted by atomic mass is 19.1. The average Bonchev–Trinajstić information content (AvgIpc) is 3.70. The van der Waals surface area contributed by atoms with Gasteiger partial charge in [-0.15, -0.1) is 0 Å². The van der Waals surface area contributed by atoms with E-state index in [-0.39, 0.29) is 46.0 Å². The van der Waals surface area contributed by atoms with Crippen LogP contribution < -0.4 is 11.4 Å². The van der Waals surface area contributed by atoms with E-state index in [0.717, 1.165) is 60.9 Å². The fourth-order valence-corrected chi connectivity index (χ4v) is 12.5. The molecular formula is C50H47F2N9O5. The molecule has 1 spiro atoms. The quantitative estimate of drug-likeness (QED) is 0.151. The van der Waals surface area contributed by atoms with E-state index in [1.165, 1.54) is 20.9 Å². The van der Waals surface area contributed by atoms with Crippen molar-refractivity contribution in [3.05, 3.63) is 139 Å². The summed E-state index contributed by atoms with van der Waals surface area (Å²) in [5, 5.41) is 14.9. The third kappa shape index (κ3) is 5.53. The molecule has 1 saturated heterocycles. The highest BCUT2D eigenvalue weighted by Gasteiger charge is 2.60. The Hall–Kier alpha value is -6.68. The van der Waals surface area contributed by atoms with Gasteiger partial charge < -0.3 is 9.30 Å². The molecule has 14 nitrogen and oxygen atoms in total. The van der Waals surface area contributed by atoms with Crippen molar-refractivity contribution < 1.29 is 22.8 Å². The number of nitrogens with zero attached hydrogens (tertiary/aromatic N) is 8. The largest absolute Gasteiger partial charge is 0.438 e. The fourth-order valence-electron chi connectivity index (χ4n) is 12.5. The van der Waals surface area contributed by atoms with Crippen molar-refractivity contribution in [1.82, 2.24) is 43.4 Å². The molecule has 336 valence electrons. The predicted molar refractivity (Wildman–Crippen MR) is 239 cm³/mol. The van der Waals surface area contributed by atoms with Gasteiger partial charge in [-0.25, -0.2) is 23.1 Å². The molecule has 1 N–H and O–H groups in total. The molecular weight excluding hydrogens is 845 g/mol. The van der Waals surface area contributed by atoms with Crippen molar-refractivity contribution in [2.75, 3.05) is 6.61 Å². The topological polar surface area (TPSA) is 153 Å². The van der Waals surface area contributed by atoms with Gasteiger partial charge in [0, 0.05) is 48.4 Å². The smallest absolute Gasteiger partial charge is 0.375 e. The van der Waals surface area contributed by atoms with Gasteiger partial charge in [0.25, 0.3) is 0 Å². The number of carbonyl (C=O) groups is 1. The highest BCUT2D eigenvalue weighted by Crippen LogP contribution is 2.58. The molecule has 1 aliphatic heterocycles. The lowest BCUT2D eigenvalue weighted by molar-refractivity contribution is -0.0132. The third-order valence-electron chi connectivity index (χ3n) is 16.0. The van der Waals surface area contributed by atoms with Crippen molar-refractivity contribution in [1.29, 1.82) is 0 Å². The Morgan fingerprint density at radius 1 is 0.924 bits per heavy atom. The summed E-state index contributed by atoms with van der Waals surface area (Å²) in [6.07, 6.45) is 11.3. The van der Waals surface area contributed by atoms with Crippen LogP contribution in [0.4, 0.5) is 8.78 Å². The van der Waals surface area contributed by atoms with E-state index in [9.17, 15) is 9.59 Å². The molecule has 2 bridgehead atoms. The molecule has 4 fully saturated rings. The maximum atomic E-state index is 16.2. The molecule has 3 aromatic carbocycles. The number of rotatable bonds is 8. The molecule has 1 unspecified atom stereocenters. The van der Waals surface area contributed by atoms with Crippen molar-refractivity contribution in [3.63, 3.8) is 0 Å². The molecule has 3 saturated carbocycles. The van der Waals surface area contributed by atoms with E-state index >= 15 is 13.6 Å². The van der Waals surface area contributed by atoms with Gasteiger partial charge in [0.1, 0.15) is 17.2 Å². The molecule has 0 radical (unpaired) electrons. The normalized spacial score (nSPS) is 25.0. The van der Waals surface area contributed by atoms with Crippen molar-refractivity contribution in [2.24, 2.45) is 24.8 Å². The zero-order valence-corrected chi connectivity index (χ0v) is 37.0. The van der Waals surface area contributed by atoms with Gasteiger partial charge in [0.2, 0.25) is 0 Å². The van der Waals surface area contributed by atoms with Crippen LogP contribution in [-0.4, -0.2) is 61.4 Å². The molecule has 4 aliphatic carbocycles. The van der Waals surface area contributed by atoms with Crippen LogP contribution in [0.3, 0.4) is 0 Å². The Morgan fingerprint density at radius 3 is 2.44 bits per heavy atom. The van der Waals surface area contributed by atoms with Crippen LogP contribution in [0.1, 0.15) is 108 Å². The number of fused-ring (bicyclic) bond motifs is 6. The first kappa shape index (κ1) is 39.7. The predicted octanol–water partition coefficient (Wildman–Crippen LogP) is 7.99. The van der Waals surface area contributed by atoms with Crippen LogP contribution in [-0.2, 0) is 23.7 Å². The Kier molecular flexibility index (Phi) is 8.23. The number of ketones is 1. The molecule has 0 amide bonds. The van der Waals surface area contributed by atoms with Crippen LogP contribution in [0, 0.1) is 43.2 Å². The van der Waals surface area contributed by atoms with Gasteiger partial charge in [-0.3, -0.25) is 28.1 Å². The third-order valence-corrected chi connectivity index (χ3v) is 16.0. The molecule has 66 heavy (non-hydrogen) atoms. The monoisotopic (exact) mass is 891 g/mol. The maximum absolute atomic E-state index is 16.2. The number of ether oxygens (including phenoxy) is 1. The van der Waals surface area contributed by atoms with Gasteiger partial charge in [0.15, 0.2) is 17.4 Å². The highest BCUT2D eigenvalue weighted by molar-refractivity contribution is 6.03. The van der Waals surface area contributed by atoms with Gasteiger partial charge in [-0.05, 0) is 148 Å². The Balaban J connectivity index is 0.969. The number of nitrogens with one attached hydrogen (secondary N) is 1. The van der Waals surface area contributed by atoms with E-state index in [0.29, 0.717) is 64.8 Å². The summed E-state index contributed by atoms with van der Waals surface area (Å²) < 4.78 is 50.8. The molecule has 16 heteroatoms. The number of halogens is 2. The number of aromatic amines is 1. The molecule has 8 aromatic rings. The molecule has 13 rings (SSSR count). The Labute approximate surface area is 375 Å². The summed E-state index contributed by atoms with van der Waals surface area (Å²) in [7, 11) is 1.73. The Morgan fingerprint density at radius 2 is 1.70 bits per heavy atom. The van der Waals surface area contributed by atoms with Gasteiger partial charge in [-0.2, -0.15) is 10.2 Å². The number of carbonyl (C=O) groups excluding carboxylic acids is 1. The number of aromatic nitrogens is 9. The number of H-pyrrole nitrogens is 1. The number of imidazole rings is 1. The standard InChI is InChI=1S/C50H47F2N9O5/c1-25-17-32(18-26(2)42(25)51)61-45(59-15-14-58(48(59)64)38-10-9-37-34(43(38)52)24-53-57(37)4)41-33-7-5-29(20-35(41)55-61)40(33)44(62)39-21-31-19-28(30-11-16-65-49(23-30)12-13-49)6-8-36(31)60(39)50(22-27(50)3)46-54-47(63)66-56-46/h6,8-10,14-15,17-19,21,24,27,29-30,33,40H,5,7,11-13,16,20,22-23H2,1-4H3,(H,54,56,63)/t27-,29-,30+,33-,40?,50+/m1/s1. The van der Waals surface area contributed by atoms with E-state index in [4.69, 9.17) is 14.4 Å². The minimum Gasteiger partial charge on any atom is -0.375 e. The first-order chi connectivity index (χ1) is 31.8. The summed E-state index contributed by atoms with van der Waals surface area (Å²) >= 11 is 0. The van der Waals surface area contributed by atoms with Crippen molar-refractivity contribution in [3.8, 4) is 17.2 Å². The zero-order valence-electron chi connectivity index (χ0n) is 37.0. The van der Waals surface area contributed by atoms with E-state index in [2.05, 4.69) is 44.9 Å². The van der Waals surface area contributed by atoms with Crippen LogP contribution in [0.25, 0.3) is 39.0 Å². The zero-order chi connectivity index (χ0) is 45.1. The first-order valence-corrected chi connectivity index (χ1v) is 23.0. The SMILES string of the molecule is Cc1cc(-n2nc3c(c2-n2ccn(-c4ccc5c(cnn5C)c4F)c2=O)[C@@H]2CC[C@H](C3)C2C(=O)c2cc3cc([C@H]4CCOC5(CC5)C4)ccc3n2[C@@]2(c3noc(=O)[nH]3)C[C@H]2C)cc(C)c1F. The van der Waals surface area contributed by atoms with Gasteiger partial charge in [0.05, 0.1) is 45.5 Å². The average molecular weight is 892 g/mol. The van der Waals surface area contributed by atoms with Crippen LogP contribution in [0.5, 0.6) is 0 Å². The molecule has 5 aromatic heterocycles. The lowest BCUT2D eigenvalue weighted by atomic mass is 9.74. The van der Waals surface area contributed by atoms with Crippen molar-refractivity contribution in [2.45, 2.75) is 95.1 Å². The summed E-state index contributed by atoms with van der Waals surface area (Å²) in [4.78, 5) is 46.0. The summed E-state index contributed by atoms with van der Waals surface area (Å²) in [6.45, 7) is 6.22. The Bertz CT molecular complexity index is 3480. The second-order valence-corrected chi connectivity index (χ2v) is 19.8. The summed E-state index contributed by atoms with van der Waals surface area (Å²) in [5.74, 6) is -1.25. The molecule has 5 aliphatic rings. The number of aryl methyl sites for hydroxylation is 3. The summed E-state index contributed by atoms with van der Waals surface area (Å²) in [6, 6.07) is 15.3. The second kappa shape index (κ2) is 13.7. The minimum absolute atomic E-state index is 0.00447. The molecule has 6 atom stereocenters. The van der Waals surface area contributed by atoms with Crippen LogP contribution in [0.2, 0.25) is 0 Å². The van der Waals surface area contributed by atoms with Crippen molar-refractivity contribution >= 4 is 27.6 Å². The fraction of sp³-hybridized carbons (Fsp3) is 0.400. The van der Waals surface area contributed by atoms with E-state index in [1.54, 1.807) is 66.9 Å².